The fourth-order valence-electron chi connectivity index (χ4n) is 2.99. The Kier molecular flexibility index (Phi) is 6.04. The Labute approximate surface area is 128 Å². The van der Waals surface area contributed by atoms with Crippen molar-refractivity contribution in [1.29, 1.82) is 0 Å². The lowest BCUT2D eigenvalue weighted by Crippen LogP contribution is -2.21. The highest BCUT2D eigenvalue weighted by molar-refractivity contribution is 5.40. The summed E-state index contributed by atoms with van der Waals surface area (Å²) in [6, 6.07) is 3.59. The van der Waals surface area contributed by atoms with E-state index in [2.05, 4.69) is 19.2 Å². The predicted molar refractivity (Wildman–Crippen MR) is 85.3 cm³/mol. The van der Waals surface area contributed by atoms with Gasteiger partial charge in [-0.05, 0) is 63.3 Å². The van der Waals surface area contributed by atoms with Crippen LogP contribution in [0, 0.1) is 18.7 Å². The van der Waals surface area contributed by atoms with E-state index in [1.54, 1.807) is 13.0 Å². The van der Waals surface area contributed by atoms with E-state index in [4.69, 9.17) is 4.74 Å². The van der Waals surface area contributed by atoms with Crippen molar-refractivity contribution in [3.63, 3.8) is 0 Å². The first-order valence-corrected chi connectivity index (χ1v) is 8.28. The summed E-state index contributed by atoms with van der Waals surface area (Å²) in [6.45, 7) is 7.69. The molecule has 1 fully saturated rings. The van der Waals surface area contributed by atoms with Crippen LogP contribution in [0.5, 0.6) is 5.75 Å². The second kappa shape index (κ2) is 7.79. The van der Waals surface area contributed by atoms with Crippen LogP contribution in [-0.4, -0.2) is 13.2 Å². The standard InChI is InChI=1S/C18H28FNO/c1-4-9-20-14(3)16-11-17(19)13(2)10-18(16)21-12-15-7-5-6-8-15/h10-11,14-15,20H,4-9,12H2,1-3H3. The van der Waals surface area contributed by atoms with Crippen LogP contribution in [-0.2, 0) is 0 Å². The number of rotatable bonds is 7. The van der Waals surface area contributed by atoms with E-state index in [1.807, 2.05) is 6.07 Å². The van der Waals surface area contributed by atoms with Gasteiger partial charge in [0.1, 0.15) is 11.6 Å². The average molecular weight is 293 g/mol. The Morgan fingerprint density at radius 1 is 1.33 bits per heavy atom. The van der Waals surface area contributed by atoms with E-state index in [9.17, 15) is 4.39 Å². The van der Waals surface area contributed by atoms with E-state index in [0.29, 0.717) is 11.5 Å². The highest BCUT2D eigenvalue weighted by Crippen LogP contribution is 2.31. The van der Waals surface area contributed by atoms with Gasteiger partial charge in [0.2, 0.25) is 0 Å². The first-order valence-electron chi connectivity index (χ1n) is 8.28. The summed E-state index contributed by atoms with van der Waals surface area (Å²) in [5.74, 6) is 1.36. The molecule has 0 heterocycles. The lowest BCUT2D eigenvalue weighted by Gasteiger charge is -2.20. The summed E-state index contributed by atoms with van der Waals surface area (Å²) in [5, 5.41) is 3.42. The third-order valence-electron chi connectivity index (χ3n) is 4.41. The normalized spacial score (nSPS) is 17.1. The second-order valence-corrected chi connectivity index (χ2v) is 6.28. The molecule has 1 aromatic carbocycles. The molecule has 1 aliphatic carbocycles. The topological polar surface area (TPSA) is 21.3 Å². The Morgan fingerprint density at radius 2 is 2.05 bits per heavy atom. The van der Waals surface area contributed by atoms with Crippen molar-refractivity contribution in [3.8, 4) is 5.75 Å². The number of nitrogens with one attached hydrogen (secondary N) is 1. The lowest BCUT2D eigenvalue weighted by molar-refractivity contribution is 0.247. The van der Waals surface area contributed by atoms with Crippen molar-refractivity contribution in [1.82, 2.24) is 5.32 Å². The molecular formula is C18H28FNO. The SMILES string of the molecule is CCCNC(C)c1cc(F)c(C)cc1OCC1CCCC1. The quantitative estimate of drug-likeness (QED) is 0.782. The Morgan fingerprint density at radius 3 is 2.71 bits per heavy atom. The fraction of sp³-hybridized carbons (Fsp3) is 0.667. The zero-order valence-corrected chi connectivity index (χ0v) is 13.5. The van der Waals surface area contributed by atoms with E-state index >= 15 is 0 Å². The Balaban J connectivity index is 2.10. The smallest absolute Gasteiger partial charge is 0.126 e. The molecule has 0 saturated heterocycles. The molecule has 0 bridgehead atoms. The molecule has 1 aliphatic rings. The van der Waals surface area contributed by atoms with Crippen molar-refractivity contribution < 1.29 is 9.13 Å². The molecule has 2 nitrogen and oxygen atoms in total. The second-order valence-electron chi connectivity index (χ2n) is 6.28. The van der Waals surface area contributed by atoms with Gasteiger partial charge in [0.15, 0.2) is 0 Å². The highest BCUT2D eigenvalue weighted by atomic mass is 19.1. The van der Waals surface area contributed by atoms with Crippen molar-refractivity contribution in [3.05, 3.63) is 29.1 Å². The van der Waals surface area contributed by atoms with Crippen LogP contribution < -0.4 is 10.1 Å². The predicted octanol–water partition coefficient (Wildman–Crippen LogP) is 4.76. The summed E-state index contributed by atoms with van der Waals surface area (Å²) >= 11 is 0. The zero-order chi connectivity index (χ0) is 15.2. The third kappa shape index (κ3) is 4.44. The van der Waals surface area contributed by atoms with Gasteiger partial charge in [0.25, 0.3) is 0 Å². The van der Waals surface area contributed by atoms with Gasteiger partial charge in [-0.2, -0.15) is 0 Å². The number of hydrogen-bond donors (Lipinski definition) is 1. The molecule has 1 unspecified atom stereocenters. The van der Waals surface area contributed by atoms with Crippen LogP contribution in [0.25, 0.3) is 0 Å². The number of aryl methyl sites for hydroxylation is 1. The van der Waals surface area contributed by atoms with Crippen LogP contribution in [0.2, 0.25) is 0 Å². The molecule has 1 atom stereocenters. The van der Waals surface area contributed by atoms with Crippen molar-refractivity contribution >= 4 is 0 Å². The lowest BCUT2D eigenvalue weighted by atomic mass is 10.0. The van der Waals surface area contributed by atoms with E-state index in [0.717, 1.165) is 30.9 Å². The van der Waals surface area contributed by atoms with Crippen molar-refractivity contribution in [2.24, 2.45) is 5.92 Å². The van der Waals surface area contributed by atoms with Crippen LogP contribution in [0.4, 0.5) is 4.39 Å². The van der Waals surface area contributed by atoms with Gasteiger partial charge in [-0.1, -0.05) is 19.8 Å². The maximum absolute atomic E-state index is 13.9. The minimum absolute atomic E-state index is 0.110. The number of halogens is 1. The summed E-state index contributed by atoms with van der Waals surface area (Å²) in [5.41, 5.74) is 1.59. The van der Waals surface area contributed by atoms with E-state index < -0.39 is 0 Å². The van der Waals surface area contributed by atoms with Crippen LogP contribution >= 0.6 is 0 Å². The van der Waals surface area contributed by atoms with Gasteiger partial charge in [0.05, 0.1) is 6.61 Å². The first-order chi connectivity index (χ1) is 10.1. The van der Waals surface area contributed by atoms with Crippen LogP contribution in [0.3, 0.4) is 0 Å². The molecule has 2 rings (SSSR count). The Hall–Kier alpha value is -1.09. The molecule has 1 aromatic rings. The highest BCUT2D eigenvalue weighted by Gasteiger charge is 2.18. The molecule has 0 amide bonds. The summed E-state index contributed by atoms with van der Waals surface area (Å²) < 4.78 is 20.0. The van der Waals surface area contributed by atoms with Gasteiger partial charge in [0, 0.05) is 11.6 Å². The van der Waals surface area contributed by atoms with Gasteiger partial charge in [-0.15, -0.1) is 0 Å². The van der Waals surface area contributed by atoms with E-state index in [1.165, 1.54) is 25.7 Å². The largest absolute Gasteiger partial charge is 0.493 e. The summed E-state index contributed by atoms with van der Waals surface area (Å²) in [4.78, 5) is 0. The molecule has 0 aromatic heterocycles. The molecular weight excluding hydrogens is 265 g/mol. The number of hydrogen-bond acceptors (Lipinski definition) is 2. The minimum Gasteiger partial charge on any atom is -0.493 e. The summed E-state index contributed by atoms with van der Waals surface area (Å²) in [6.07, 6.45) is 6.23. The van der Waals surface area contributed by atoms with E-state index in [-0.39, 0.29) is 11.9 Å². The molecule has 118 valence electrons. The molecule has 0 spiro atoms. The maximum atomic E-state index is 13.9. The third-order valence-corrected chi connectivity index (χ3v) is 4.41. The molecule has 1 saturated carbocycles. The van der Waals surface area contributed by atoms with Crippen LogP contribution in [0.15, 0.2) is 12.1 Å². The number of benzene rings is 1. The van der Waals surface area contributed by atoms with Gasteiger partial charge in [-0.3, -0.25) is 0 Å². The van der Waals surface area contributed by atoms with Gasteiger partial charge >= 0.3 is 0 Å². The molecule has 1 N–H and O–H groups in total. The molecule has 21 heavy (non-hydrogen) atoms. The fourth-order valence-corrected chi connectivity index (χ4v) is 2.99. The molecule has 0 aliphatic heterocycles. The minimum atomic E-state index is -0.150. The van der Waals surface area contributed by atoms with Crippen LogP contribution in [0.1, 0.15) is 63.1 Å². The molecule has 0 radical (unpaired) electrons. The van der Waals surface area contributed by atoms with Gasteiger partial charge in [-0.25, -0.2) is 4.39 Å². The van der Waals surface area contributed by atoms with Crippen molar-refractivity contribution in [2.75, 3.05) is 13.2 Å². The average Bonchev–Trinajstić information content (AvgIpc) is 2.98. The Bertz CT molecular complexity index is 455. The monoisotopic (exact) mass is 293 g/mol. The first kappa shape index (κ1) is 16.3. The van der Waals surface area contributed by atoms with Gasteiger partial charge < -0.3 is 10.1 Å². The maximum Gasteiger partial charge on any atom is 0.126 e. The zero-order valence-electron chi connectivity index (χ0n) is 13.5. The molecule has 3 heteroatoms. The summed E-state index contributed by atoms with van der Waals surface area (Å²) in [7, 11) is 0. The number of ether oxygens (including phenoxy) is 1. The van der Waals surface area contributed by atoms with Crippen molar-refractivity contribution in [2.45, 2.75) is 58.9 Å².